The van der Waals surface area contributed by atoms with E-state index in [1.54, 1.807) is 0 Å². The summed E-state index contributed by atoms with van der Waals surface area (Å²) in [6.07, 6.45) is -1.53. The Kier molecular flexibility index (Phi) is 3.39. The van der Waals surface area contributed by atoms with Crippen LogP contribution in [0.25, 0.3) is 0 Å². The van der Waals surface area contributed by atoms with E-state index in [0.29, 0.717) is 0 Å². The summed E-state index contributed by atoms with van der Waals surface area (Å²) in [7, 11) is 0. The molecule has 4 heteroatoms. The number of benzene rings is 2. The van der Waals surface area contributed by atoms with Crippen LogP contribution >= 0.6 is 0 Å². The Balaban J connectivity index is 2.50. The Hall–Kier alpha value is -1.81. The molecule has 0 saturated heterocycles. The zero-order valence-corrected chi connectivity index (χ0v) is 9.62. The highest BCUT2D eigenvalue weighted by atomic mass is 19.2. The molecule has 0 amide bonds. The summed E-state index contributed by atoms with van der Waals surface area (Å²) < 4.78 is 40.5. The van der Waals surface area contributed by atoms with E-state index >= 15 is 0 Å². The van der Waals surface area contributed by atoms with Crippen LogP contribution in [0.2, 0.25) is 0 Å². The SMILES string of the molecule is Cc1ccc(C(O)c2ccccc2F)c(F)c1F. The molecule has 0 aromatic heterocycles. The molecular weight excluding hydrogens is 241 g/mol. The van der Waals surface area contributed by atoms with E-state index in [0.717, 1.165) is 6.07 Å². The molecule has 94 valence electrons. The monoisotopic (exact) mass is 252 g/mol. The molecular formula is C14H11F3O. The van der Waals surface area contributed by atoms with Gasteiger partial charge in [0.15, 0.2) is 11.6 Å². The molecule has 0 spiro atoms. The standard InChI is InChI=1S/C14H11F3O/c1-8-6-7-10(13(17)12(8)16)14(18)9-4-2-3-5-11(9)15/h2-7,14,18H,1H3. The topological polar surface area (TPSA) is 20.2 Å². The lowest BCUT2D eigenvalue weighted by molar-refractivity contribution is 0.208. The average molecular weight is 252 g/mol. The lowest BCUT2D eigenvalue weighted by atomic mass is 9.99. The molecule has 0 aliphatic heterocycles. The average Bonchev–Trinajstić information content (AvgIpc) is 2.36. The van der Waals surface area contributed by atoms with Gasteiger partial charge < -0.3 is 5.11 Å². The van der Waals surface area contributed by atoms with Gasteiger partial charge >= 0.3 is 0 Å². The van der Waals surface area contributed by atoms with Crippen LogP contribution in [-0.4, -0.2) is 5.11 Å². The second-order valence-electron chi connectivity index (χ2n) is 4.02. The van der Waals surface area contributed by atoms with Crippen LogP contribution < -0.4 is 0 Å². The lowest BCUT2D eigenvalue weighted by Crippen LogP contribution is -2.07. The Morgan fingerprint density at radius 2 is 1.56 bits per heavy atom. The Bertz CT molecular complexity index is 581. The lowest BCUT2D eigenvalue weighted by Gasteiger charge is -2.14. The normalized spacial score (nSPS) is 12.5. The van der Waals surface area contributed by atoms with Crippen LogP contribution in [0.15, 0.2) is 36.4 Å². The van der Waals surface area contributed by atoms with Gasteiger partial charge in [0.2, 0.25) is 0 Å². The summed E-state index contributed by atoms with van der Waals surface area (Å²) in [6, 6.07) is 8.06. The van der Waals surface area contributed by atoms with Crippen molar-refractivity contribution in [1.82, 2.24) is 0 Å². The van der Waals surface area contributed by atoms with Gasteiger partial charge in [0.25, 0.3) is 0 Å². The fourth-order valence-corrected chi connectivity index (χ4v) is 1.74. The van der Waals surface area contributed by atoms with Crippen molar-refractivity contribution in [2.24, 2.45) is 0 Å². The highest BCUT2D eigenvalue weighted by molar-refractivity contribution is 5.34. The minimum absolute atomic E-state index is 0.0837. The fraction of sp³-hybridized carbons (Fsp3) is 0.143. The van der Waals surface area contributed by atoms with E-state index in [1.807, 2.05) is 0 Å². The number of aryl methyl sites for hydroxylation is 1. The molecule has 0 fully saturated rings. The largest absolute Gasteiger partial charge is 0.383 e. The minimum atomic E-state index is -1.53. The van der Waals surface area contributed by atoms with Gasteiger partial charge in [-0.05, 0) is 18.6 Å². The number of hydrogen-bond acceptors (Lipinski definition) is 1. The third-order valence-corrected chi connectivity index (χ3v) is 2.80. The molecule has 2 aromatic rings. The highest BCUT2D eigenvalue weighted by Gasteiger charge is 2.21. The van der Waals surface area contributed by atoms with Gasteiger partial charge in [-0.2, -0.15) is 0 Å². The van der Waals surface area contributed by atoms with Gasteiger partial charge in [0, 0.05) is 11.1 Å². The van der Waals surface area contributed by atoms with E-state index in [-0.39, 0.29) is 16.7 Å². The molecule has 0 aliphatic rings. The van der Waals surface area contributed by atoms with E-state index in [1.165, 1.54) is 37.3 Å². The molecule has 2 rings (SSSR count). The van der Waals surface area contributed by atoms with Crippen molar-refractivity contribution < 1.29 is 18.3 Å². The second kappa shape index (κ2) is 4.82. The third kappa shape index (κ3) is 2.11. The van der Waals surface area contributed by atoms with Crippen molar-refractivity contribution in [3.8, 4) is 0 Å². The first-order chi connectivity index (χ1) is 8.52. The first-order valence-electron chi connectivity index (χ1n) is 5.39. The maximum atomic E-state index is 13.7. The van der Waals surface area contributed by atoms with Crippen LogP contribution in [-0.2, 0) is 0 Å². The van der Waals surface area contributed by atoms with Crippen LogP contribution in [0, 0.1) is 24.4 Å². The maximum absolute atomic E-state index is 13.7. The molecule has 0 bridgehead atoms. The number of rotatable bonds is 2. The molecule has 1 nitrogen and oxygen atoms in total. The molecule has 0 aliphatic carbocycles. The number of aliphatic hydroxyl groups is 1. The van der Waals surface area contributed by atoms with Gasteiger partial charge in [0.05, 0.1) is 0 Å². The molecule has 18 heavy (non-hydrogen) atoms. The second-order valence-corrected chi connectivity index (χ2v) is 4.02. The van der Waals surface area contributed by atoms with Crippen molar-refractivity contribution in [2.45, 2.75) is 13.0 Å². The van der Waals surface area contributed by atoms with Crippen molar-refractivity contribution in [1.29, 1.82) is 0 Å². The molecule has 1 N–H and O–H groups in total. The predicted molar refractivity (Wildman–Crippen MR) is 61.6 cm³/mol. The zero-order chi connectivity index (χ0) is 13.3. The van der Waals surface area contributed by atoms with Crippen molar-refractivity contribution in [2.75, 3.05) is 0 Å². The third-order valence-electron chi connectivity index (χ3n) is 2.80. The Labute approximate surface area is 103 Å². The molecule has 1 atom stereocenters. The van der Waals surface area contributed by atoms with Crippen LogP contribution in [0.4, 0.5) is 13.2 Å². The Morgan fingerprint density at radius 1 is 0.889 bits per heavy atom. The summed E-state index contributed by atoms with van der Waals surface area (Å²) in [5, 5.41) is 9.92. The number of aliphatic hydroxyl groups excluding tert-OH is 1. The molecule has 0 saturated carbocycles. The quantitative estimate of drug-likeness (QED) is 0.867. The number of hydrogen-bond donors (Lipinski definition) is 1. The summed E-state index contributed by atoms with van der Waals surface area (Å²) in [5.74, 6) is -2.83. The molecule has 2 aromatic carbocycles. The van der Waals surface area contributed by atoms with Crippen LogP contribution in [0.1, 0.15) is 22.8 Å². The molecule has 1 unspecified atom stereocenters. The first-order valence-corrected chi connectivity index (χ1v) is 5.39. The van der Waals surface area contributed by atoms with Gasteiger partial charge in [-0.25, -0.2) is 13.2 Å². The van der Waals surface area contributed by atoms with Gasteiger partial charge in [0.1, 0.15) is 11.9 Å². The van der Waals surface area contributed by atoms with Crippen molar-refractivity contribution in [3.05, 3.63) is 70.5 Å². The zero-order valence-electron chi connectivity index (χ0n) is 9.62. The van der Waals surface area contributed by atoms with Gasteiger partial charge in [-0.1, -0.05) is 30.3 Å². The predicted octanol–water partition coefficient (Wildman–Crippen LogP) is 3.49. The summed E-state index contributed by atoms with van der Waals surface area (Å²) in [4.78, 5) is 0. The minimum Gasteiger partial charge on any atom is -0.383 e. The highest BCUT2D eigenvalue weighted by Crippen LogP contribution is 2.28. The van der Waals surface area contributed by atoms with Crippen LogP contribution in [0.5, 0.6) is 0 Å². The van der Waals surface area contributed by atoms with E-state index in [2.05, 4.69) is 0 Å². The smallest absolute Gasteiger partial charge is 0.165 e. The number of halogens is 3. The summed E-state index contributed by atoms with van der Waals surface area (Å²) in [6.45, 7) is 1.41. The van der Waals surface area contributed by atoms with E-state index < -0.39 is 23.6 Å². The summed E-state index contributed by atoms with van der Waals surface area (Å²) >= 11 is 0. The van der Waals surface area contributed by atoms with Gasteiger partial charge in [-0.15, -0.1) is 0 Å². The first kappa shape index (κ1) is 12.6. The fourth-order valence-electron chi connectivity index (χ4n) is 1.74. The van der Waals surface area contributed by atoms with E-state index in [9.17, 15) is 18.3 Å². The van der Waals surface area contributed by atoms with Gasteiger partial charge in [-0.3, -0.25) is 0 Å². The van der Waals surface area contributed by atoms with Crippen molar-refractivity contribution >= 4 is 0 Å². The Morgan fingerprint density at radius 3 is 2.22 bits per heavy atom. The molecule has 0 heterocycles. The van der Waals surface area contributed by atoms with E-state index in [4.69, 9.17) is 0 Å². The summed E-state index contributed by atoms with van der Waals surface area (Å²) in [5.41, 5.74) is -0.222. The van der Waals surface area contributed by atoms with Crippen LogP contribution in [0.3, 0.4) is 0 Å². The molecule has 0 radical (unpaired) electrons. The maximum Gasteiger partial charge on any atom is 0.165 e. The van der Waals surface area contributed by atoms with Crippen molar-refractivity contribution in [3.63, 3.8) is 0 Å².